The molecule has 1 fully saturated rings. The Morgan fingerprint density at radius 2 is 2.13 bits per heavy atom. The van der Waals surface area contributed by atoms with Gasteiger partial charge in [-0.3, -0.25) is 0 Å². The molecule has 15 heavy (non-hydrogen) atoms. The number of rotatable bonds is 3. The second-order valence-electron chi connectivity index (χ2n) is 3.70. The molecule has 0 amide bonds. The minimum atomic E-state index is -0.0571. The van der Waals surface area contributed by atoms with E-state index in [0.29, 0.717) is 11.7 Å². The molecular weight excluding hydrogens is 194 g/mol. The Hall–Kier alpha value is -1.07. The number of anilines is 1. The van der Waals surface area contributed by atoms with E-state index in [9.17, 15) is 0 Å². The van der Waals surface area contributed by atoms with Crippen LogP contribution in [0.2, 0.25) is 0 Å². The van der Waals surface area contributed by atoms with E-state index < -0.39 is 0 Å². The maximum atomic E-state index is 8.88. The fourth-order valence-electron chi connectivity index (χ4n) is 1.77. The van der Waals surface area contributed by atoms with Crippen LogP contribution in [0, 0.1) is 0 Å². The molecule has 0 aliphatic carbocycles. The smallest absolute Gasteiger partial charge is 0.297 e. The third-order valence-corrected chi connectivity index (χ3v) is 2.79. The van der Waals surface area contributed by atoms with Crippen molar-refractivity contribution in [1.29, 1.82) is 0 Å². The van der Waals surface area contributed by atoms with Gasteiger partial charge >= 0.3 is 0 Å². The van der Waals surface area contributed by atoms with Gasteiger partial charge in [0.25, 0.3) is 6.01 Å². The van der Waals surface area contributed by atoms with Crippen LogP contribution < -0.4 is 4.90 Å². The minimum Gasteiger partial charge on any atom is -0.432 e. The van der Waals surface area contributed by atoms with Crippen LogP contribution in [0.15, 0.2) is 10.7 Å². The summed E-state index contributed by atoms with van der Waals surface area (Å²) in [6, 6.07) is 0.634. The lowest BCUT2D eigenvalue weighted by Gasteiger charge is -2.32. The Bertz CT molecular complexity index is 305. The molecule has 0 radical (unpaired) electrons. The van der Waals surface area contributed by atoms with E-state index in [4.69, 9.17) is 9.52 Å². The van der Waals surface area contributed by atoms with Gasteiger partial charge in [-0.25, -0.2) is 0 Å². The van der Waals surface area contributed by atoms with Crippen molar-refractivity contribution in [2.75, 3.05) is 37.6 Å². The third-order valence-electron chi connectivity index (χ3n) is 2.79. The number of hydrogen-bond acceptors (Lipinski definition) is 5. The maximum Gasteiger partial charge on any atom is 0.297 e. The molecule has 5 nitrogen and oxygen atoms in total. The molecule has 0 bridgehead atoms. The zero-order valence-electron chi connectivity index (χ0n) is 9.02. The summed E-state index contributed by atoms with van der Waals surface area (Å²) in [5.74, 6) is 0. The normalized spacial score (nSPS) is 18.4. The van der Waals surface area contributed by atoms with Gasteiger partial charge in [-0.2, -0.15) is 4.98 Å². The summed E-state index contributed by atoms with van der Waals surface area (Å²) in [6.45, 7) is 7.20. The molecule has 1 N–H and O–H groups in total. The van der Waals surface area contributed by atoms with Crippen molar-refractivity contribution in [2.45, 2.75) is 13.5 Å². The van der Waals surface area contributed by atoms with E-state index in [1.165, 1.54) is 6.26 Å². The van der Waals surface area contributed by atoms with Crippen LogP contribution in [-0.4, -0.2) is 47.7 Å². The summed E-state index contributed by atoms with van der Waals surface area (Å²) in [7, 11) is 0. The first kappa shape index (κ1) is 10.4. The average molecular weight is 211 g/mol. The average Bonchev–Trinajstić information content (AvgIpc) is 2.78. The van der Waals surface area contributed by atoms with Crippen molar-refractivity contribution >= 4 is 6.01 Å². The van der Waals surface area contributed by atoms with Crippen molar-refractivity contribution in [3.63, 3.8) is 0 Å². The monoisotopic (exact) mass is 211 g/mol. The third kappa shape index (κ3) is 2.30. The summed E-state index contributed by atoms with van der Waals surface area (Å²) in [5.41, 5.74) is 0.600. The lowest BCUT2D eigenvalue weighted by atomic mass is 10.3. The summed E-state index contributed by atoms with van der Waals surface area (Å²) in [4.78, 5) is 8.71. The number of aromatic nitrogens is 1. The van der Waals surface area contributed by atoms with Crippen molar-refractivity contribution < 1.29 is 9.52 Å². The highest BCUT2D eigenvalue weighted by Gasteiger charge is 2.19. The SMILES string of the molecule is CCN1CCN(c2nc(CO)co2)CC1. The quantitative estimate of drug-likeness (QED) is 0.779. The summed E-state index contributed by atoms with van der Waals surface area (Å²) in [5, 5.41) is 8.88. The van der Waals surface area contributed by atoms with Crippen LogP contribution >= 0.6 is 0 Å². The second kappa shape index (κ2) is 4.63. The van der Waals surface area contributed by atoms with Crippen molar-refractivity contribution in [3.8, 4) is 0 Å². The Labute approximate surface area is 89.3 Å². The molecule has 1 aliphatic heterocycles. The number of aliphatic hydroxyl groups excluding tert-OH is 1. The van der Waals surface area contributed by atoms with Gasteiger partial charge in [0, 0.05) is 26.2 Å². The molecule has 2 heterocycles. The molecule has 0 spiro atoms. The lowest BCUT2D eigenvalue weighted by molar-refractivity contribution is 0.265. The van der Waals surface area contributed by atoms with Crippen LogP contribution in [0.4, 0.5) is 6.01 Å². The molecule has 0 unspecified atom stereocenters. The molecule has 1 saturated heterocycles. The molecule has 1 aromatic heterocycles. The number of aliphatic hydroxyl groups is 1. The number of piperazine rings is 1. The Morgan fingerprint density at radius 3 is 2.67 bits per heavy atom. The highest BCUT2D eigenvalue weighted by atomic mass is 16.4. The zero-order chi connectivity index (χ0) is 10.7. The molecular formula is C10H17N3O2. The molecule has 1 aliphatic rings. The van der Waals surface area contributed by atoms with Gasteiger partial charge in [0.15, 0.2) is 0 Å². The Balaban J connectivity index is 1.95. The Morgan fingerprint density at radius 1 is 1.40 bits per heavy atom. The number of likely N-dealkylation sites (N-methyl/N-ethyl adjacent to an activating group) is 1. The number of oxazole rings is 1. The first-order chi connectivity index (χ1) is 7.33. The van der Waals surface area contributed by atoms with E-state index in [-0.39, 0.29) is 6.61 Å². The van der Waals surface area contributed by atoms with Crippen molar-refractivity contribution in [1.82, 2.24) is 9.88 Å². The zero-order valence-corrected chi connectivity index (χ0v) is 9.02. The van der Waals surface area contributed by atoms with E-state index in [2.05, 4.69) is 21.7 Å². The van der Waals surface area contributed by atoms with E-state index in [0.717, 1.165) is 32.7 Å². The van der Waals surface area contributed by atoms with Gasteiger partial charge in [0.05, 0.1) is 6.61 Å². The standard InChI is InChI=1S/C10H17N3O2/c1-2-12-3-5-13(6-4-12)10-11-9(7-14)8-15-10/h8,14H,2-7H2,1H3. The topological polar surface area (TPSA) is 52.7 Å². The maximum absolute atomic E-state index is 8.88. The van der Waals surface area contributed by atoms with Crippen LogP contribution in [0.5, 0.6) is 0 Å². The van der Waals surface area contributed by atoms with Crippen LogP contribution in [0.25, 0.3) is 0 Å². The van der Waals surface area contributed by atoms with Gasteiger partial charge < -0.3 is 19.3 Å². The van der Waals surface area contributed by atoms with Gasteiger partial charge in [0.2, 0.25) is 0 Å². The summed E-state index contributed by atoms with van der Waals surface area (Å²) < 4.78 is 5.30. The van der Waals surface area contributed by atoms with Crippen LogP contribution in [0.3, 0.4) is 0 Å². The fourth-order valence-corrected chi connectivity index (χ4v) is 1.77. The molecule has 0 saturated carbocycles. The first-order valence-electron chi connectivity index (χ1n) is 5.36. The van der Waals surface area contributed by atoms with Gasteiger partial charge in [0.1, 0.15) is 12.0 Å². The van der Waals surface area contributed by atoms with Gasteiger partial charge in [-0.15, -0.1) is 0 Å². The molecule has 0 aromatic carbocycles. The second-order valence-corrected chi connectivity index (χ2v) is 3.70. The van der Waals surface area contributed by atoms with Crippen molar-refractivity contribution in [3.05, 3.63) is 12.0 Å². The molecule has 5 heteroatoms. The van der Waals surface area contributed by atoms with Gasteiger partial charge in [-0.1, -0.05) is 6.92 Å². The van der Waals surface area contributed by atoms with Crippen LogP contribution in [-0.2, 0) is 6.61 Å². The fraction of sp³-hybridized carbons (Fsp3) is 0.700. The minimum absolute atomic E-state index is 0.0571. The van der Waals surface area contributed by atoms with E-state index in [1.54, 1.807) is 0 Å². The highest BCUT2D eigenvalue weighted by Crippen LogP contribution is 2.15. The summed E-state index contributed by atoms with van der Waals surface area (Å²) in [6.07, 6.45) is 1.52. The molecule has 2 rings (SSSR count). The van der Waals surface area contributed by atoms with E-state index >= 15 is 0 Å². The van der Waals surface area contributed by atoms with Gasteiger partial charge in [-0.05, 0) is 6.54 Å². The van der Waals surface area contributed by atoms with Crippen molar-refractivity contribution in [2.24, 2.45) is 0 Å². The lowest BCUT2D eigenvalue weighted by Crippen LogP contribution is -2.46. The molecule has 84 valence electrons. The summed E-state index contributed by atoms with van der Waals surface area (Å²) >= 11 is 0. The molecule has 0 atom stereocenters. The largest absolute Gasteiger partial charge is 0.432 e. The highest BCUT2D eigenvalue weighted by molar-refractivity contribution is 5.27. The van der Waals surface area contributed by atoms with E-state index in [1.807, 2.05) is 0 Å². The molecule has 1 aromatic rings. The number of hydrogen-bond donors (Lipinski definition) is 1. The Kier molecular flexibility index (Phi) is 3.23. The number of nitrogens with zero attached hydrogens (tertiary/aromatic N) is 3. The van der Waals surface area contributed by atoms with Crippen LogP contribution in [0.1, 0.15) is 12.6 Å². The predicted octanol–water partition coefficient (Wildman–Crippen LogP) is 0.309. The predicted molar refractivity (Wildman–Crippen MR) is 56.8 cm³/mol. The first-order valence-corrected chi connectivity index (χ1v) is 5.36.